The summed E-state index contributed by atoms with van der Waals surface area (Å²) in [6.45, 7) is 3.63. The third kappa shape index (κ3) is 4.09. The molecule has 0 radical (unpaired) electrons. The fourth-order valence-electron chi connectivity index (χ4n) is 3.13. The van der Waals surface area contributed by atoms with Crippen molar-refractivity contribution < 1.29 is 9.26 Å². The highest BCUT2D eigenvalue weighted by molar-refractivity contribution is 5.55. The predicted molar refractivity (Wildman–Crippen MR) is 88.0 cm³/mol. The van der Waals surface area contributed by atoms with E-state index in [9.17, 15) is 0 Å². The second-order valence-corrected chi connectivity index (χ2v) is 6.06. The number of ether oxygens (including phenoxy) is 1. The van der Waals surface area contributed by atoms with Crippen molar-refractivity contribution in [3.63, 3.8) is 0 Å². The molecule has 0 bridgehead atoms. The van der Waals surface area contributed by atoms with Crippen LogP contribution in [0.5, 0.6) is 5.75 Å². The molecule has 0 aliphatic carbocycles. The smallest absolute Gasteiger partial charge is 0.241 e. The van der Waals surface area contributed by atoms with Crippen LogP contribution >= 0.6 is 0 Å². The highest BCUT2D eigenvalue weighted by atomic mass is 16.5. The fraction of sp³-hybridized carbons (Fsp3) is 0.529. The minimum absolute atomic E-state index is 0.623. The van der Waals surface area contributed by atoms with Crippen molar-refractivity contribution in [3.05, 3.63) is 30.2 Å². The van der Waals surface area contributed by atoms with E-state index in [4.69, 9.17) is 15.0 Å². The van der Waals surface area contributed by atoms with E-state index in [1.165, 1.54) is 12.8 Å². The molecular formula is C17H24N4O2. The van der Waals surface area contributed by atoms with E-state index in [2.05, 4.69) is 15.0 Å². The summed E-state index contributed by atoms with van der Waals surface area (Å²) in [6, 6.07) is 7.66. The molecular weight excluding hydrogens is 292 g/mol. The zero-order chi connectivity index (χ0) is 16.1. The lowest BCUT2D eigenvalue weighted by molar-refractivity contribution is 0.146. The zero-order valence-electron chi connectivity index (χ0n) is 13.6. The van der Waals surface area contributed by atoms with Gasteiger partial charge in [-0.3, -0.25) is 4.90 Å². The van der Waals surface area contributed by atoms with Crippen molar-refractivity contribution in [2.24, 2.45) is 11.7 Å². The third-order valence-corrected chi connectivity index (χ3v) is 4.35. The number of nitrogens with zero attached hydrogens (tertiary/aromatic N) is 3. The van der Waals surface area contributed by atoms with Gasteiger partial charge in [0.2, 0.25) is 11.7 Å². The van der Waals surface area contributed by atoms with E-state index in [1.807, 2.05) is 24.3 Å². The standard InChI is InChI=1S/C17H24N4O2/c1-22-15-6-4-14(5-7-15)17-19-16(23-20-17)12-21-10-2-3-13(11-21)8-9-18/h4-7,13H,2-3,8-12,18H2,1H3. The van der Waals surface area contributed by atoms with Crippen LogP contribution in [-0.2, 0) is 6.54 Å². The molecule has 0 saturated carbocycles. The second-order valence-electron chi connectivity index (χ2n) is 6.06. The molecule has 124 valence electrons. The number of nitrogens with two attached hydrogens (primary N) is 1. The Kier molecular flexibility index (Phi) is 5.25. The Morgan fingerprint density at radius 1 is 1.35 bits per heavy atom. The van der Waals surface area contributed by atoms with Gasteiger partial charge in [0.25, 0.3) is 0 Å². The minimum Gasteiger partial charge on any atom is -0.497 e. The van der Waals surface area contributed by atoms with Gasteiger partial charge in [0.15, 0.2) is 0 Å². The number of rotatable bonds is 6. The van der Waals surface area contributed by atoms with E-state index >= 15 is 0 Å². The number of aromatic nitrogens is 2. The van der Waals surface area contributed by atoms with E-state index in [-0.39, 0.29) is 0 Å². The van der Waals surface area contributed by atoms with Gasteiger partial charge in [0.1, 0.15) is 5.75 Å². The van der Waals surface area contributed by atoms with Crippen LogP contribution in [0.1, 0.15) is 25.2 Å². The van der Waals surface area contributed by atoms with Crippen molar-refractivity contribution in [1.82, 2.24) is 15.0 Å². The van der Waals surface area contributed by atoms with E-state index < -0.39 is 0 Å². The van der Waals surface area contributed by atoms with Crippen LogP contribution in [0, 0.1) is 5.92 Å². The SMILES string of the molecule is COc1ccc(-c2noc(CN3CCCC(CCN)C3)n2)cc1. The highest BCUT2D eigenvalue weighted by Crippen LogP contribution is 2.22. The van der Waals surface area contributed by atoms with Gasteiger partial charge in [-0.15, -0.1) is 0 Å². The average molecular weight is 316 g/mol. The first-order chi connectivity index (χ1) is 11.3. The largest absolute Gasteiger partial charge is 0.497 e. The lowest BCUT2D eigenvalue weighted by Crippen LogP contribution is -2.35. The van der Waals surface area contributed by atoms with Crippen LogP contribution in [0.15, 0.2) is 28.8 Å². The number of hydrogen-bond acceptors (Lipinski definition) is 6. The lowest BCUT2D eigenvalue weighted by atomic mass is 9.95. The van der Waals surface area contributed by atoms with Crippen molar-refractivity contribution in [1.29, 1.82) is 0 Å². The Bertz CT molecular complexity index is 609. The third-order valence-electron chi connectivity index (χ3n) is 4.35. The minimum atomic E-state index is 0.623. The monoisotopic (exact) mass is 316 g/mol. The molecule has 0 spiro atoms. The summed E-state index contributed by atoms with van der Waals surface area (Å²) < 4.78 is 10.6. The second kappa shape index (κ2) is 7.57. The molecule has 2 N–H and O–H groups in total. The molecule has 23 heavy (non-hydrogen) atoms. The molecule has 2 heterocycles. The number of methoxy groups -OCH3 is 1. The van der Waals surface area contributed by atoms with Crippen molar-refractivity contribution >= 4 is 0 Å². The van der Waals surface area contributed by atoms with Gasteiger partial charge in [0.05, 0.1) is 13.7 Å². The van der Waals surface area contributed by atoms with E-state index in [0.717, 1.165) is 37.4 Å². The van der Waals surface area contributed by atoms with Crippen LogP contribution in [0.4, 0.5) is 0 Å². The van der Waals surface area contributed by atoms with Gasteiger partial charge in [-0.1, -0.05) is 5.16 Å². The van der Waals surface area contributed by atoms with Gasteiger partial charge in [-0.2, -0.15) is 4.98 Å². The molecule has 6 nitrogen and oxygen atoms in total. The van der Waals surface area contributed by atoms with Crippen molar-refractivity contribution in [2.45, 2.75) is 25.8 Å². The molecule has 1 atom stereocenters. The molecule has 1 unspecified atom stereocenters. The van der Waals surface area contributed by atoms with Gasteiger partial charge in [0, 0.05) is 12.1 Å². The van der Waals surface area contributed by atoms with Crippen LogP contribution in [0.25, 0.3) is 11.4 Å². The summed E-state index contributed by atoms with van der Waals surface area (Å²) in [5, 5.41) is 4.09. The van der Waals surface area contributed by atoms with Crippen LogP contribution in [0.2, 0.25) is 0 Å². The maximum Gasteiger partial charge on any atom is 0.241 e. The zero-order valence-corrected chi connectivity index (χ0v) is 13.6. The van der Waals surface area contributed by atoms with Gasteiger partial charge >= 0.3 is 0 Å². The average Bonchev–Trinajstić information content (AvgIpc) is 3.04. The molecule has 6 heteroatoms. The summed E-state index contributed by atoms with van der Waals surface area (Å²) in [5.41, 5.74) is 6.61. The number of likely N-dealkylation sites (tertiary alicyclic amines) is 1. The maximum atomic E-state index is 5.68. The number of benzene rings is 1. The van der Waals surface area contributed by atoms with Gasteiger partial charge in [-0.25, -0.2) is 0 Å². The Hall–Kier alpha value is -1.92. The quantitative estimate of drug-likeness (QED) is 0.881. The normalized spacial score (nSPS) is 19.0. The summed E-state index contributed by atoms with van der Waals surface area (Å²) in [4.78, 5) is 6.90. The summed E-state index contributed by atoms with van der Waals surface area (Å²) in [5.74, 6) is 2.80. The first-order valence-corrected chi connectivity index (χ1v) is 8.18. The summed E-state index contributed by atoms with van der Waals surface area (Å²) in [7, 11) is 1.65. The molecule has 1 aliphatic heterocycles. The Morgan fingerprint density at radius 2 is 2.17 bits per heavy atom. The molecule has 1 aliphatic rings. The molecule has 1 fully saturated rings. The molecule has 1 saturated heterocycles. The van der Waals surface area contributed by atoms with Crippen LogP contribution in [0.3, 0.4) is 0 Å². The van der Waals surface area contributed by atoms with Gasteiger partial charge in [-0.05, 0) is 62.5 Å². The Labute approximate surface area is 136 Å². The number of hydrogen-bond donors (Lipinski definition) is 1. The number of piperidine rings is 1. The maximum absolute atomic E-state index is 5.68. The van der Waals surface area contributed by atoms with E-state index in [0.29, 0.717) is 24.2 Å². The molecule has 0 amide bonds. The van der Waals surface area contributed by atoms with Crippen molar-refractivity contribution in [3.8, 4) is 17.1 Å². The summed E-state index contributed by atoms with van der Waals surface area (Å²) >= 11 is 0. The van der Waals surface area contributed by atoms with Crippen LogP contribution in [-0.4, -0.2) is 41.8 Å². The lowest BCUT2D eigenvalue weighted by Gasteiger charge is -2.31. The van der Waals surface area contributed by atoms with Gasteiger partial charge < -0.3 is 15.0 Å². The Balaban J connectivity index is 1.62. The fourth-order valence-corrected chi connectivity index (χ4v) is 3.13. The molecule has 1 aromatic heterocycles. The summed E-state index contributed by atoms with van der Waals surface area (Å²) in [6.07, 6.45) is 3.58. The Morgan fingerprint density at radius 3 is 2.91 bits per heavy atom. The molecule has 1 aromatic carbocycles. The predicted octanol–water partition coefficient (Wildman–Crippen LogP) is 2.31. The van der Waals surface area contributed by atoms with E-state index in [1.54, 1.807) is 7.11 Å². The first-order valence-electron chi connectivity index (χ1n) is 8.18. The van der Waals surface area contributed by atoms with Crippen LogP contribution < -0.4 is 10.5 Å². The topological polar surface area (TPSA) is 77.4 Å². The van der Waals surface area contributed by atoms with Crippen molar-refractivity contribution in [2.75, 3.05) is 26.7 Å². The molecule has 2 aromatic rings. The molecule has 3 rings (SSSR count). The highest BCUT2D eigenvalue weighted by Gasteiger charge is 2.21. The first kappa shape index (κ1) is 16.0.